The molecule has 10 rings (SSSR count). The van der Waals surface area contributed by atoms with Crippen LogP contribution in [0.5, 0.6) is 5.75 Å². The fourth-order valence-electron chi connectivity index (χ4n) is 10.7. The number of nitro groups is 2. The number of anilines is 4. The first-order chi connectivity index (χ1) is 33.1. The molecule has 2 saturated carbocycles. The minimum absolute atomic E-state index is 0.0388. The fraction of sp³-hybridized carbons (Fsp3) is 0.417. The molecule has 4 unspecified atom stereocenters. The van der Waals surface area contributed by atoms with Crippen molar-refractivity contribution < 1.29 is 32.9 Å². The number of aromatic nitrogens is 4. The molecule has 364 valence electrons. The van der Waals surface area contributed by atoms with E-state index in [4.69, 9.17) is 33.0 Å². The number of hydrogen-bond donors (Lipinski definition) is 3. The van der Waals surface area contributed by atoms with E-state index in [9.17, 15) is 33.4 Å². The number of rotatable bonds is 12. The number of aliphatic hydroxyl groups excluding tert-OH is 1. The number of aliphatic hydroxyl groups is 1. The highest BCUT2D eigenvalue weighted by Gasteiger charge is 2.41. The summed E-state index contributed by atoms with van der Waals surface area (Å²) in [6.45, 7) is 5.58. The van der Waals surface area contributed by atoms with Crippen LogP contribution in [0.25, 0.3) is 21.8 Å². The number of hydrogen-bond acceptors (Lipinski definition) is 14. The van der Waals surface area contributed by atoms with Gasteiger partial charge in [0, 0.05) is 68.4 Å². The molecular weight excluding hydrogens is 940 g/mol. The second-order valence-corrected chi connectivity index (χ2v) is 19.1. The van der Waals surface area contributed by atoms with Crippen LogP contribution >= 0.6 is 23.2 Å². The summed E-state index contributed by atoms with van der Waals surface area (Å²) in [6.07, 6.45) is 9.79. The zero-order chi connectivity index (χ0) is 48.9. The van der Waals surface area contributed by atoms with Gasteiger partial charge in [-0.1, -0.05) is 23.2 Å². The molecule has 4 atom stereocenters. The summed E-state index contributed by atoms with van der Waals surface area (Å²) in [4.78, 5) is 42.6. The zero-order valence-electron chi connectivity index (χ0n) is 37.8. The highest BCUT2D eigenvalue weighted by atomic mass is 35.5. The average molecular weight is 992 g/mol. The SMILES string of the molecule is CN1CC2CCC(C1)C2CCO.CN1CC2CCC(C1)C2CCOc1cc2ncnc(Nc3ccc(F)c(Cl)c3)c2cc1[N+](=O)[O-].O=[N+]([O-])c1cc2c(Nc3ccc(F)c(Cl)c3)ncnc2cc1F. The van der Waals surface area contributed by atoms with Crippen molar-refractivity contribution in [1.29, 1.82) is 0 Å². The monoisotopic (exact) mass is 990 g/mol. The quantitative estimate of drug-likeness (QED) is 0.0773. The van der Waals surface area contributed by atoms with E-state index in [0.717, 1.165) is 61.9 Å². The summed E-state index contributed by atoms with van der Waals surface area (Å²) in [7, 11) is 4.40. The molecule has 4 bridgehead atoms. The number of fused-ring (bicyclic) bond motifs is 6. The van der Waals surface area contributed by atoms with Gasteiger partial charge in [0.05, 0.1) is 48.3 Å². The number of benzene rings is 4. The zero-order valence-corrected chi connectivity index (χ0v) is 39.3. The highest BCUT2D eigenvalue weighted by molar-refractivity contribution is 6.31. The van der Waals surface area contributed by atoms with Crippen LogP contribution in [0.4, 0.5) is 47.6 Å². The maximum atomic E-state index is 13.6. The molecule has 0 spiro atoms. The van der Waals surface area contributed by atoms with Crippen molar-refractivity contribution in [1.82, 2.24) is 29.7 Å². The van der Waals surface area contributed by atoms with Gasteiger partial charge >= 0.3 is 11.4 Å². The largest absolute Gasteiger partial charge is 0.487 e. The van der Waals surface area contributed by atoms with Gasteiger partial charge in [-0.25, -0.2) is 28.7 Å². The van der Waals surface area contributed by atoms with Gasteiger partial charge in [0.2, 0.25) is 5.82 Å². The van der Waals surface area contributed by atoms with E-state index in [1.165, 1.54) is 87.8 Å². The Labute approximate surface area is 405 Å². The third-order valence-corrected chi connectivity index (χ3v) is 14.4. The van der Waals surface area contributed by atoms with Crippen LogP contribution in [0, 0.1) is 73.2 Å². The van der Waals surface area contributed by atoms with Crippen LogP contribution in [0.2, 0.25) is 10.0 Å². The van der Waals surface area contributed by atoms with E-state index in [1.54, 1.807) is 6.07 Å². The lowest BCUT2D eigenvalue weighted by molar-refractivity contribution is -0.387. The van der Waals surface area contributed by atoms with Crippen molar-refractivity contribution in [2.45, 2.75) is 38.5 Å². The van der Waals surface area contributed by atoms with E-state index in [1.807, 2.05) is 0 Å². The standard InChI is InChI=1S/C24H25ClFN5O3.C14H7ClF2N4O2.C10H19NO/c1-30-11-14-2-3-15(12-30)17(14)6-7-34-23-10-21-18(9-22(23)31(32)33)24(28-13-27-21)29-16-4-5-20(26)19(25)8-16;15-9-3-7(1-2-10(9)16)20-14-8-4-13(21(22)23)11(17)5-12(8)18-6-19-14;1-11-6-8-2-3-9(7-11)10(8)4-5-12/h4-5,8-10,13-15,17H,2-3,6-7,11-12H2,1H3,(H,27,28,29);1-6H,(H,18,19,20);8-10,12H,2-7H2,1H3. The van der Waals surface area contributed by atoms with Crippen LogP contribution in [0.15, 0.2) is 73.3 Å². The van der Waals surface area contributed by atoms with Gasteiger partial charge in [-0.05, 0) is 125 Å². The summed E-state index contributed by atoms with van der Waals surface area (Å²) in [5, 5.41) is 38.1. The molecule has 0 radical (unpaired) electrons. The Kier molecular flexibility index (Phi) is 15.6. The first-order valence-corrected chi connectivity index (χ1v) is 23.5. The first kappa shape index (κ1) is 49.4. The van der Waals surface area contributed by atoms with Crippen molar-refractivity contribution in [2.75, 3.05) is 64.1 Å². The van der Waals surface area contributed by atoms with E-state index in [2.05, 4.69) is 54.5 Å². The Hall–Kier alpha value is -5.99. The number of piperidine rings is 2. The molecule has 21 heteroatoms. The molecule has 2 aromatic heterocycles. The van der Waals surface area contributed by atoms with Gasteiger partial charge < -0.3 is 30.3 Å². The van der Waals surface area contributed by atoms with Crippen LogP contribution in [-0.2, 0) is 0 Å². The van der Waals surface area contributed by atoms with E-state index >= 15 is 0 Å². The van der Waals surface area contributed by atoms with E-state index in [-0.39, 0.29) is 38.2 Å². The topological polar surface area (TPSA) is 198 Å². The van der Waals surface area contributed by atoms with Crippen molar-refractivity contribution >= 4 is 79.4 Å². The molecule has 4 aliphatic rings. The van der Waals surface area contributed by atoms with Gasteiger partial charge in [0.25, 0.3) is 0 Å². The Bertz CT molecular complexity index is 2830. The van der Waals surface area contributed by atoms with E-state index in [0.29, 0.717) is 59.1 Å². The molecule has 4 heterocycles. The van der Waals surface area contributed by atoms with Crippen LogP contribution in [0.1, 0.15) is 38.5 Å². The molecule has 0 amide bonds. The Morgan fingerprint density at radius 1 is 0.652 bits per heavy atom. The normalized spacial score (nSPS) is 21.8. The molecule has 4 fully saturated rings. The smallest absolute Gasteiger partial charge is 0.311 e. The molecule has 2 saturated heterocycles. The lowest BCUT2D eigenvalue weighted by atomic mass is 9.83. The average Bonchev–Trinajstić information content (AvgIpc) is 3.70. The highest BCUT2D eigenvalue weighted by Crippen LogP contribution is 2.45. The van der Waals surface area contributed by atoms with Crippen LogP contribution in [0.3, 0.4) is 0 Å². The molecule has 3 N–H and O–H groups in total. The second kappa shape index (κ2) is 21.8. The summed E-state index contributed by atoms with van der Waals surface area (Å²) in [5.74, 6) is 3.24. The summed E-state index contributed by atoms with van der Waals surface area (Å²) in [6, 6.07) is 13.1. The van der Waals surface area contributed by atoms with Gasteiger partial charge in [-0.15, -0.1) is 0 Å². The summed E-state index contributed by atoms with van der Waals surface area (Å²) < 4.78 is 46.3. The first-order valence-electron chi connectivity index (χ1n) is 22.7. The third kappa shape index (κ3) is 11.6. The summed E-state index contributed by atoms with van der Waals surface area (Å²) >= 11 is 11.6. The number of likely N-dealkylation sites (tertiary alicyclic amines) is 2. The number of nitrogens with one attached hydrogen (secondary N) is 2. The maximum Gasteiger partial charge on any atom is 0.311 e. The molecular formula is C48H51Cl2F3N10O6. The minimum Gasteiger partial charge on any atom is -0.487 e. The van der Waals surface area contributed by atoms with Gasteiger partial charge in [-0.2, -0.15) is 4.39 Å². The predicted octanol–water partition coefficient (Wildman–Crippen LogP) is 10.6. The fourth-order valence-corrected chi connectivity index (χ4v) is 11.1. The Balaban J connectivity index is 0.000000157. The molecule has 4 aromatic carbocycles. The molecule has 69 heavy (non-hydrogen) atoms. The molecule has 6 aromatic rings. The van der Waals surface area contributed by atoms with Crippen molar-refractivity contribution in [3.8, 4) is 5.75 Å². The maximum absolute atomic E-state index is 13.6. The lowest BCUT2D eigenvalue weighted by Crippen LogP contribution is -2.39. The van der Waals surface area contributed by atoms with E-state index < -0.39 is 33.0 Å². The lowest BCUT2D eigenvalue weighted by Gasteiger charge is -2.36. The van der Waals surface area contributed by atoms with Crippen LogP contribution < -0.4 is 15.4 Å². The number of ether oxygens (including phenoxy) is 1. The molecule has 2 aliphatic carbocycles. The summed E-state index contributed by atoms with van der Waals surface area (Å²) in [5.41, 5.74) is 0.788. The third-order valence-electron chi connectivity index (χ3n) is 13.8. The van der Waals surface area contributed by atoms with Crippen molar-refractivity contribution in [3.63, 3.8) is 0 Å². The Morgan fingerprint density at radius 2 is 1.10 bits per heavy atom. The number of nitrogens with zero attached hydrogens (tertiary/aromatic N) is 8. The van der Waals surface area contributed by atoms with Gasteiger partial charge in [-0.3, -0.25) is 20.2 Å². The van der Waals surface area contributed by atoms with Crippen molar-refractivity contribution in [3.05, 3.63) is 121 Å². The second-order valence-electron chi connectivity index (χ2n) is 18.2. The molecule has 16 nitrogen and oxygen atoms in total. The van der Waals surface area contributed by atoms with Crippen LogP contribution in [-0.4, -0.2) is 98.2 Å². The Morgan fingerprint density at radius 3 is 1.55 bits per heavy atom. The predicted molar refractivity (Wildman–Crippen MR) is 258 cm³/mol. The number of nitro benzene ring substituents is 2. The van der Waals surface area contributed by atoms with Gasteiger partial charge in [0.15, 0.2) is 5.75 Å². The number of halogens is 5. The van der Waals surface area contributed by atoms with Crippen molar-refractivity contribution in [2.24, 2.45) is 35.5 Å². The minimum atomic E-state index is -0.989. The van der Waals surface area contributed by atoms with Gasteiger partial charge in [0.1, 0.15) is 35.9 Å². The molecule has 2 aliphatic heterocycles.